The van der Waals surface area contributed by atoms with Crippen molar-refractivity contribution in [1.29, 1.82) is 0 Å². The Balaban J connectivity index is 2.24. The number of hydrogen-bond donors (Lipinski definition) is 1. The van der Waals surface area contributed by atoms with Gasteiger partial charge in [0, 0.05) is 5.56 Å². The van der Waals surface area contributed by atoms with E-state index in [1.165, 1.54) is 22.8 Å². The Morgan fingerprint density at radius 2 is 1.89 bits per heavy atom. The largest absolute Gasteiger partial charge is 0.480 e. The number of aliphatic carboxylic acids is 1. The van der Waals surface area contributed by atoms with Gasteiger partial charge in [-0.1, -0.05) is 59.1 Å². The molecular weight excluding hydrogens is 431 g/mol. The number of aromatic nitrogens is 1. The molecule has 9 heteroatoms. The highest BCUT2D eigenvalue weighted by Crippen LogP contribution is 2.29. The van der Waals surface area contributed by atoms with E-state index in [9.17, 15) is 14.7 Å². The molecule has 0 aliphatic rings. The molecule has 27 heavy (non-hydrogen) atoms. The summed E-state index contributed by atoms with van der Waals surface area (Å²) in [5, 5.41) is 10.6. The molecule has 1 atom stereocenters. The first-order valence-electron chi connectivity index (χ1n) is 7.90. The van der Waals surface area contributed by atoms with Crippen LogP contribution in [-0.2, 0) is 4.79 Å². The van der Waals surface area contributed by atoms with Gasteiger partial charge in [-0.25, -0.2) is 4.79 Å². The molecule has 0 spiro atoms. The molecule has 1 aromatic heterocycles. The summed E-state index contributed by atoms with van der Waals surface area (Å²) in [6.07, 6.45) is 0.321. The molecule has 0 saturated carbocycles. The quantitative estimate of drug-likeness (QED) is 0.583. The van der Waals surface area contributed by atoms with Crippen LogP contribution in [0.5, 0.6) is 0 Å². The van der Waals surface area contributed by atoms with Gasteiger partial charge in [0.25, 0.3) is 5.91 Å². The highest BCUT2D eigenvalue weighted by atomic mass is 35.5. The second-order valence-electron chi connectivity index (χ2n) is 5.65. The zero-order valence-corrected chi connectivity index (χ0v) is 17.0. The molecule has 5 nitrogen and oxygen atoms in total. The molecule has 2 aromatic carbocycles. The number of carboxylic acids is 1. The van der Waals surface area contributed by atoms with Crippen molar-refractivity contribution < 1.29 is 14.7 Å². The lowest BCUT2D eigenvalue weighted by atomic mass is 10.2. The fourth-order valence-corrected chi connectivity index (χ4v) is 4.31. The number of halogens is 3. The van der Waals surface area contributed by atoms with E-state index in [4.69, 9.17) is 34.8 Å². The molecule has 1 amide bonds. The topological polar surface area (TPSA) is 71.7 Å². The Morgan fingerprint density at radius 1 is 1.15 bits per heavy atom. The molecule has 0 saturated heterocycles. The van der Waals surface area contributed by atoms with Gasteiger partial charge in [-0.15, -0.1) is 0 Å². The third-order valence-electron chi connectivity index (χ3n) is 3.95. The maximum atomic E-state index is 12.6. The zero-order chi connectivity index (χ0) is 19.7. The minimum atomic E-state index is -1.01. The number of amides is 1. The number of thiazole rings is 1. The van der Waals surface area contributed by atoms with E-state index < -0.39 is 17.9 Å². The molecule has 0 fully saturated rings. The number of rotatable bonds is 4. The number of benzene rings is 2. The summed E-state index contributed by atoms with van der Waals surface area (Å²) in [7, 11) is 0. The van der Waals surface area contributed by atoms with Crippen LogP contribution in [0.25, 0.3) is 10.2 Å². The fraction of sp³-hybridized carbons (Fsp3) is 0.167. The van der Waals surface area contributed by atoms with Gasteiger partial charge in [0.2, 0.25) is 0 Å². The van der Waals surface area contributed by atoms with E-state index in [0.717, 1.165) is 11.3 Å². The first kappa shape index (κ1) is 19.9. The fourth-order valence-electron chi connectivity index (χ4n) is 2.66. The standard InChI is InChI=1S/C18H13Cl3N2O3S/c1-2-13(17(25)26)23-14-5-3-4-11(20)15(14)27-18(23)22-16(24)9-6-7-10(19)12(21)8-9/h3-8,13H,2H2,1H3,(H,25,26). The Kier molecular flexibility index (Phi) is 5.91. The van der Waals surface area contributed by atoms with Crippen LogP contribution in [0.1, 0.15) is 29.7 Å². The molecule has 1 heterocycles. The van der Waals surface area contributed by atoms with E-state index in [1.807, 2.05) is 0 Å². The van der Waals surface area contributed by atoms with Gasteiger partial charge in [0.05, 0.1) is 25.3 Å². The third-order valence-corrected chi connectivity index (χ3v) is 6.22. The molecule has 3 aromatic rings. The van der Waals surface area contributed by atoms with Crippen molar-refractivity contribution in [1.82, 2.24) is 4.57 Å². The van der Waals surface area contributed by atoms with Crippen LogP contribution >= 0.6 is 46.1 Å². The van der Waals surface area contributed by atoms with E-state index >= 15 is 0 Å². The summed E-state index contributed by atoms with van der Waals surface area (Å²) in [6, 6.07) is 8.76. The Bertz CT molecular complexity index is 1120. The summed E-state index contributed by atoms with van der Waals surface area (Å²) >= 11 is 19.3. The minimum absolute atomic E-state index is 0.238. The second kappa shape index (κ2) is 8.02. The highest BCUT2D eigenvalue weighted by molar-refractivity contribution is 7.17. The number of carbonyl (C=O) groups is 2. The monoisotopic (exact) mass is 442 g/mol. The van der Waals surface area contributed by atoms with E-state index in [1.54, 1.807) is 25.1 Å². The Labute approximate surface area is 173 Å². The molecule has 1 unspecified atom stereocenters. The number of carboxylic acid groups (broad SMARTS) is 1. The molecule has 0 radical (unpaired) electrons. The molecule has 0 aliphatic heterocycles. The molecule has 140 valence electrons. The number of nitrogens with zero attached hydrogens (tertiary/aromatic N) is 2. The van der Waals surface area contributed by atoms with Gasteiger partial charge in [0.15, 0.2) is 4.80 Å². The zero-order valence-electron chi connectivity index (χ0n) is 13.9. The number of carbonyl (C=O) groups excluding carboxylic acids is 1. The molecule has 1 N–H and O–H groups in total. The van der Waals surface area contributed by atoms with Gasteiger partial charge in [0.1, 0.15) is 6.04 Å². The van der Waals surface area contributed by atoms with Gasteiger partial charge < -0.3 is 9.67 Å². The molecular formula is C18H13Cl3N2O3S. The van der Waals surface area contributed by atoms with Gasteiger partial charge in [-0.05, 0) is 36.8 Å². The number of fused-ring (bicyclic) bond motifs is 1. The van der Waals surface area contributed by atoms with Crippen molar-refractivity contribution in [3.63, 3.8) is 0 Å². The van der Waals surface area contributed by atoms with Crippen molar-refractivity contribution in [3.05, 3.63) is 61.8 Å². The maximum absolute atomic E-state index is 12.6. The van der Waals surface area contributed by atoms with Gasteiger partial charge in [-0.2, -0.15) is 4.99 Å². The van der Waals surface area contributed by atoms with Crippen LogP contribution in [0.15, 0.2) is 41.4 Å². The second-order valence-corrected chi connectivity index (χ2v) is 7.85. The molecule has 3 rings (SSSR count). The summed E-state index contributed by atoms with van der Waals surface area (Å²) in [6.45, 7) is 1.75. The predicted molar refractivity (Wildman–Crippen MR) is 108 cm³/mol. The van der Waals surface area contributed by atoms with Crippen molar-refractivity contribution >= 4 is 68.2 Å². The van der Waals surface area contributed by atoms with Crippen LogP contribution < -0.4 is 4.80 Å². The lowest BCUT2D eigenvalue weighted by Crippen LogP contribution is -2.27. The predicted octanol–water partition coefficient (Wildman–Crippen LogP) is 5.44. The Hall–Kier alpha value is -1.86. The minimum Gasteiger partial charge on any atom is -0.480 e. The smallest absolute Gasteiger partial charge is 0.326 e. The van der Waals surface area contributed by atoms with Crippen molar-refractivity contribution in [2.24, 2.45) is 4.99 Å². The van der Waals surface area contributed by atoms with Gasteiger partial charge >= 0.3 is 5.97 Å². The van der Waals surface area contributed by atoms with Crippen molar-refractivity contribution in [2.45, 2.75) is 19.4 Å². The summed E-state index contributed by atoms with van der Waals surface area (Å²) < 4.78 is 2.20. The highest BCUT2D eigenvalue weighted by Gasteiger charge is 2.23. The average molecular weight is 444 g/mol. The lowest BCUT2D eigenvalue weighted by molar-refractivity contribution is -0.140. The first-order chi connectivity index (χ1) is 12.8. The van der Waals surface area contributed by atoms with E-state index in [0.29, 0.717) is 26.7 Å². The summed E-state index contributed by atoms with van der Waals surface area (Å²) in [4.78, 5) is 28.8. The van der Waals surface area contributed by atoms with Crippen molar-refractivity contribution in [3.8, 4) is 0 Å². The molecule has 0 bridgehead atoms. The van der Waals surface area contributed by atoms with Gasteiger partial charge in [-0.3, -0.25) is 4.79 Å². The normalized spacial score (nSPS) is 13.1. The SMILES string of the molecule is CCC(C(=O)O)n1c(=NC(=O)c2ccc(Cl)c(Cl)c2)sc2c(Cl)cccc21. The summed E-state index contributed by atoms with van der Waals surface area (Å²) in [5.41, 5.74) is 0.866. The third kappa shape index (κ3) is 3.89. The first-order valence-corrected chi connectivity index (χ1v) is 9.85. The number of hydrogen-bond acceptors (Lipinski definition) is 3. The van der Waals surface area contributed by atoms with Crippen LogP contribution in [0, 0.1) is 0 Å². The van der Waals surface area contributed by atoms with Crippen molar-refractivity contribution in [2.75, 3.05) is 0 Å². The maximum Gasteiger partial charge on any atom is 0.326 e. The molecule has 0 aliphatic carbocycles. The van der Waals surface area contributed by atoms with E-state index in [2.05, 4.69) is 4.99 Å². The van der Waals surface area contributed by atoms with Crippen LogP contribution in [-0.4, -0.2) is 21.6 Å². The average Bonchev–Trinajstić information content (AvgIpc) is 2.97. The van der Waals surface area contributed by atoms with Crippen LogP contribution in [0.3, 0.4) is 0 Å². The van der Waals surface area contributed by atoms with Crippen LogP contribution in [0.2, 0.25) is 15.1 Å². The lowest BCUT2D eigenvalue weighted by Gasteiger charge is -2.13. The summed E-state index contributed by atoms with van der Waals surface area (Å²) in [5.74, 6) is -1.56. The Morgan fingerprint density at radius 3 is 2.52 bits per heavy atom. The van der Waals surface area contributed by atoms with Crippen LogP contribution in [0.4, 0.5) is 0 Å². The van der Waals surface area contributed by atoms with E-state index in [-0.39, 0.29) is 15.4 Å².